The van der Waals surface area contributed by atoms with Crippen molar-refractivity contribution in [1.29, 1.82) is 0 Å². The molecule has 8 nitrogen and oxygen atoms in total. The molecule has 3 amide bonds. The van der Waals surface area contributed by atoms with Gasteiger partial charge < -0.3 is 10.2 Å². The Kier molecular flexibility index (Phi) is 4.71. The summed E-state index contributed by atoms with van der Waals surface area (Å²) in [6.45, 7) is -0.631. The average Bonchev–Trinajstić information content (AvgIpc) is 2.83. The van der Waals surface area contributed by atoms with Gasteiger partial charge in [-0.15, -0.1) is 0 Å². The quantitative estimate of drug-likeness (QED) is 0.848. The summed E-state index contributed by atoms with van der Waals surface area (Å²) < 4.78 is 25.5. The molecule has 2 aromatic carbocycles. The Balaban J connectivity index is 1.72. The molecule has 140 valence electrons. The molecule has 0 bridgehead atoms. The summed E-state index contributed by atoms with van der Waals surface area (Å²) in [5.74, 6) is -1.57. The number of fused-ring (bicyclic) bond motifs is 1. The van der Waals surface area contributed by atoms with Crippen molar-refractivity contribution < 1.29 is 22.8 Å². The molecule has 0 aromatic heterocycles. The van der Waals surface area contributed by atoms with Crippen molar-refractivity contribution in [1.82, 2.24) is 9.21 Å². The van der Waals surface area contributed by atoms with E-state index in [1.165, 1.54) is 35.2 Å². The molecule has 27 heavy (non-hydrogen) atoms. The Morgan fingerprint density at radius 3 is 2.26 bits per heavy atom. The van der Waals surface area contributed by atoms with Gasteiger partial charge in [0, 0.05) is 25.3 Å². The first-order valence-electron chi connectivity index (χ1n) is 7.99. The Morgan fingerprint density at radius 2 is 1.67 bits per heavy atom. The van der Waals surface area contributed by atoms with Crippen molar-refractivity contribution >= 4 is 33.4 Å². The van der Waals surface area contributed by atoms with E-state index in [-0.39, 0.29) is 16.4 Å². The van der Waals surface area contributed by atoms with E-state index in [2.05, 4.69) is 5.32 Å². The van der Waals surface area contributed by atoms with Gasteiger partial charge in [-0.2, -0.15) is 0 Å². The lowest BCUT2D eigenvalue weighted by Crippen LogP contribution is -2.37. The average molecular weight is 387 g/mol. The molecule has 0 aliphatic carbocycles. The Labute approximate surface area is 156 Å². The predicted octanol–water partition coefficient (Wildman–Crippen LogP) is 1.17. The number of hydrogen-bond donors (Lipinski definition) is 1. The largest absolute Gasteiger partial charge is 0.345 e. The fourth-order valence-electron chi connectivity index (χ4n) is 2.67. The lowest BCUT2D eigenvalue weighted by Gasteiger charge is -2.15. The minimum Gasteiger partial charge on any atom is -0.345 e. The zero-order chi connectivity index (χ0) is 19.8. The van der Waals surface area contributed by atoms with Crippen LogP contribution in [-0.2, 0) is 14.8 Å². The molecule has 0 radical (unpaired) electrons. The Morgan fingerprint density at radius 1 is 1.04 bits per heavy atom. The van der Waals surface area contributed by atoms with E-state index in [1.807, 2.05) is 0 Å². The third kappa shape index (κ3) is 3.41. The molecule has 2 aromatic rings. The highest BCUT2D eigenvalue weighted by molar-refractivity contribution is 7.90. The predicted molar refractivity (Wildman–Crippen MR) is 97.8 cm³/mol. The molecule has 1 aliphatic rings. The van der Waals surface area contributed by atoms with Crippen molar-refractivity contribution in [2.45, 2.75) is 4.90 Å². The van der Waals surface area contributed by atoms with Gasteiger partial charge in [0.05, 0.1) is 5.56 Å². The molecule has 0 saturated carbocycles. The fraction of sp³-hybridized carbons (Fsp3) is 0.167. The van der Waals surface area contributed by atoms with Crippen LogP contribution in [0.25, 0.3) is 0 Å². The van der Waals surface area contributed by atoms with Gasteiger partial charge in [0.2, 0.25) is 5.91 Å². The Bertz CT molecular complexity index is 1030. The molecule has 1 N–H and O–H groups in total. The van der Waals surface area contributed by atoms with Gasteiger partial charge in [-0.05, 0) is 36.4 Å². The molecule has 0 atom stereocenters. The van der Waals surface area contributed by atoms with E-state index in [0.717, 1.165) is 0 Å². The van der Waals surface area contributed by atoms with Crippen LogP contribution < -0.4 is 5.32 Å². The van der Waals surface area contributed by atoms with Crippen molar-refractivity contribution in [3.63, 3.8) is 0 Å². The number of nitrogens with one attached hydrogen (secondary N) is 1. The second kappa shape index (κ2) is 6.84. The normalized spacial score (nSPS) is 14.6. The van der Waals surface area contributed by atoms with Crippen LogP contribution in [0.3, 0.4) is 0 Å². The van der Waals surface area contributed by atoms with Crippen LogP contribution in [0.1, 0.15) is 20.7 Å². The zero-order valence-corrected chi connectivity index (χ0v) is 15.5. The minimum atomic E-state index is -4.04. The van der Waals surface area contributed by atoms with Gasteiger partial charge in [-0.3, -0.25) is 14.4 Å². The summed E-state index contributed by atoms with van der Waals surface area (Å²) >= 11 is 0. The highest BCUT2D eigenvalue weighted by Gasteiger charge is 2.41. The summed E-state index contributed by atoms with van der Waals surface area (Å²) in [6.07, 6.45) is 0. The van der Waals surface area contributed by atoms with Crippen LogP contribution in [0.5, 0.6) is 0 Å². The van der Waals surface area contributed by atoms with E-state index >= 15 is 0 Å². The van der Waals surface area contributed by atoms with Gasteiger partial charge in [0.25, 0.3) is 21.8 Å². The molecular formula is C18H17N3O5S. The van der Waals surface area contributed by atoms with E-state index in [0.29, 0.717) is 15.6 Å². The number of carbonyl (C=O) groups is 3. The summed E-state index contributed by atoms with van der Waals surface area (Å²) in [7, 11) is -0.781. The van der Waals surface area contributed by atoms with Crippen molar-refractivity contribution in [2.24, 2.45) is 0 Å². The lowest BCUT2D eigenvalue weighted by molar-refractivity contribution is -0.116. The van der Waals surface area contributed by atoms with Crippen LogP contribution in [0, 0.1) is 0 Å². The summed E-state index contributed by atoms with van der Waals surface area (Å²) in [5, 5.41) is 2.53. The third-order valence-corrected chi connectivity index (χ3v) is 5.81. The maximum atomic E-state index is 12.4. The van der Waals surface area contributed by atoms with Crippen LogP contribution >= 0.6 is 0 Å². The van der Waals surface area contributed by atoms with Gasteiger partial charge >= 0.3 is 0 Å². The fourth-order valence-corrected chi connectivity index (χ4v) is 4.20. The molecule has 0 spiro atoms. The first-order chi connectivity index (χ1) is 12.7. The van der Waals surface area contributed by atoms with Crippen molar-refractivity contribution in [3.05, 3.63) is 59.7 Å². The summed E-state index contributed by atoms with van der Waals surface area (Å²) in [6, 6.07) is 12.0. The number of benzene rings is 2. The van der Waals surface area contributed by atoms with Crippen LogP contribution in [0.4, 0.5) is 5.69 Å². The molecule has 0 fully saturated rings. The van der Waals surface area contributed by atoms with Crippen LogP contribution in [0.2, 0.25) is 0 Å². The number of rotatable bonds is 4. The van der Waals surface area contributed by atoms with Gasteiger partial charge in [-0.25, -0.2) is 12.7 Å². The number of hydrogen-bond acceptors (Lipinski definition) is 5. The molecule has 1 heterocycles. The highest BCUT2D eigenvalue weighted by Crippen LogP contribution is 2.29. The highest BCUT2D eigenvalue weighted by atomic mass is 32.2. The van der Waals surface area contributed by atoms with Gasteiger partial charge in [0.15, 0.2) is 0 Å². The van der Waals surface area contributed by atoms with E-state index in [1.54, 1.807) is 32.3 Å². The number of anilines is 1. The van der Waals surface area contributed by atoms with E-state index in [4.69, 9.17) is 0 Å². The number of carbonyl (C=O) groups excluding carboxylic acids is 3. The molecule has 3 rings (SSSR count). The van der Waals surface area contributed by atoms with Crippen LogP contribution in [-0.4, -0.2) is 56.0 Å². The second-order valence-electron chi connectivity index (χ2n) is 6.14. The number of amides is 3. The number of sulfonamides is 1. The van der Waals surface area contributed by atoms with Gasteiger partial charge in [-0.1, -0.05) is 12.1 Å². The first kappa shape index (κ1) is 18.6. The minimum absolute atomic E-state index is 0.0526. The summed E-state index contributed by atoms with van der Waals surface area (Å²) in [5.41, 5.74) is 0.888. The second-order valence-corrected chi connectivity index (χ2v) is 7.97. The van der Waals surface area contributed by atoms with E-state index in [9.17, 15) is 22.8 Å². The lowest BCUT2D eigenvalue weighted by atomic mass is 10.2. The topological polar surface area (TPSA) is 104 Å². The molecular weight excluding hydrogens is 370 g/mol. The smallest absolute Gasteiger partial charge is 0.269 e. The van der Waals surface area contributed by atoms with Crippen LogP contribution in [0.15, 0.2) is 53.4 Å². The zero-order valence-electron chi connectivity index (χ0n) is 14.7. The summed E-state index contributed by atoms with van der Waals surface area (Å²) in [4.78, 5) is 37.7. The van der Waals surface area contributed by atoms with E-state index < -0.39 is 28.4 Å². The van der Waals surface area contributed by atoms with Crippen molar-refractivity contribution in [2.75, 3.05) is 26.0 Å². The maximum Gasteiger partial charge on any atom is 0.269 e. The standard InChI is InChI=1S/C18H17N3O5S/c1-20(2)17(23)12-7-9-13(10-8-12)19-16(22)11-21-18(24)14-5-3-4-6-15(14)27(21,25)26/h3-10H,11H2,1-2H3,(H,19,22). The first-order valence-corrected chi connectivity index (χ1v) is 9.43. The molecule has 1 aliphatic heterocycles. The molecule has 0 unspecified atom stereocenters. The number of nitrogens with zero attached hydrogens (tertiary/aromatic N) is 2. The Hall–Kier alpha value is -3.20. The molecule has 0 saturated heterocycles. The SMILES string of the molecule is CN(C)C(=O)c1ccc(NC(=O)CN2C(=O)c3ccccc3S2(=O)=O)cc1. The van der Waals surface area contributed by atoms with Crippen molar-refractivity contribution in [3.8, 4) is 0 Å². The monoisotopic (exact) mass is 387 g/mol. The molecule has 9 heteroatoms. The maximum absolute atomic E-state index is 12.4. The third-order valence-electron chi connectivity index (χ3n) is 4.02. The van der Waals surface area contributed by atoms with Gasteiger partial charge in [0.1, 0.15) is 11.4 Å².